The molecule has 0 aromatic heterocycles. The largest absolute Gasteiger partial charge is 0.377 e. The van der Waals surface area contributed by atoms with E-state index in [-0.39, 0.29) is 21.0 Å². The van der Waals surface area contributed by atoms with Gasteiger partial charge in [0.05, 0.1) is 39.1 Å². The Labute approximate surface area is 126 Å². The number of nitrogens with one attached hydrogen (secondary N) is 2. The minimum absolute atomic E-state index is 0. The molecule has 126 valence electrons. The first-order valence-electron chi connectivity index (χ1n) is 6.71. The van der Waals surface area contributed by atoms with Gasteiger partial charge in [0.1, 0.15) is 0 Å². The van der Waals surface area contributed by atoms with Crippen molar-refractivity contribution in [2.45, 2.75) is 53.8 Å². The molecule has 0 spiro atoms. The summed E-state index contributed by atoms with van der Waals surface area (Å²) in [5.41, 5.74) is 0. The molecule has 5 nitrogen and oxygen atoms in total. The van der Waals surface area contributed by atoms with Crippen molar-refractivity contribution in [2.75, 3.05) is 47.1 Å². The standard InChI is InChI=1S/C13H30N2O3.2CH4/c1-11(14-4)8-16-6-7-17-10-13(3)18-9-12(2)15-5;;/h11-15H,6-10H2,1-5H3;2*1H4. The van der Waals surface area contributed by atoms with Crippen LogP contribution in [0.3, 0.4) is 0 Å². The van der Waals surface area contributed by atoms with Crippen LogP contribution in [0.1, 0.15) is 35.6 Å². The Bertz CT molecular complexity index is 183. The molecule has 3 atom stereocenters. The first-order chi connectivity index (χ1) is 8.60. The zero-order valence-corrected chi connectivity index (χ0v) is 12.5. The highest BCUT2D eigenvalue weighted by Gasteiger charge is 2.05. The number of likely N-dealkylation sites (N-methyl/N-ethyl adjacent to an activating group) is 2. The Morgan fingerprint density at radius 2 is 1.20 bits per heavy atom. The molecule has 0 aromatic carbocycles. The molecule has 0 aromatic rings. The molecule has 0 fully saturated rings. The molecule has 0 aliphatic rings. The van der Waals surface area contributed by atoms with Crippen LogP contribution in [0.5, 0.6) is 0 Å². The maximum absolute atomic E-state index is 5.62. The van der Waals surface area contributed by atoms with Gasteiger partial charge >= 0.3 is 0 Å². The Morgan fingerprint density at radius 1 is 0.750 bits per heavy atom. The van der Waals surface area contributed by atoms with Gasteiger partial charge in [-0.25, -0.2) is 0 Å². The van der Waals surface area contributed by atoms with Gasteiger partial charge in [-0.15, -0.1) is 0 Å². The van der Waals surface area contributed by atoms with E-state index < -0.39 is 0 Å². The van der Waals surface area contributed by atoms with Gasteiger partial charge in [0.15, 0.2) is 0 Å². The fourth-order valence-corrected chi connectivity index (χ4v) is 1.15. The van der Waals surface area contributed by atoms with E-state index in [1.807, 2.05) is 21.0 Å². The average Bonchev–Trinajstić information content (AvgIpc) is 2.39. The SMILES string of the molecule is C.C.CNC(C)COCCOCC(C)OCC(C)NC. The molecule has 3 unspecified atom stereocenters. The monoisotopic (exact) mass is 294 g/mol. The molecule has 0 saturated carbocycles. The summed E-state index contributed by atoms with van der Waals surface area (Å²) < 4.78 is 16.5. The predicted octanol–water partition coefficient (Wildman–Crippen LogP) is 1.91. The first-order valence-corrected chi connectivity index (χ1v) is 6.71. The van der Waals surface area contributed by atoms with E-state index >= 15 is 0 Å². The smallest absolute Gasteiger partial charge is 0.0781 e. The summed E-state index contributed by atoms with van der Waals surface area (Å²) in [7, 11) is 3.86. The third-order valence-electron chi connectivity index (χ3n) is 2.71. The van der Waals surface area contributed by atoms with Gasteiger partial charge < -0.3 is 24.8 Å². The van der Waals surface area contributed by atoms with Crippen LogP contribution in [0.4, 0.5) is 0 Å². The zero-order chi connectivity index (χ0) is 13.8. The summed E-state index contributed by atoms with van der Waals surface area (Å²) in [4.78, 5) is 0. The van der Waals surface area contributed by atoms with Crippen molar-refractivity contribution in [3.8, 4) is 0 Å². The van der Waals surface area contributed by atoms with Crippen LogP contribution < -0.4 is 10.6 Å². The van der Waals surface area contributed by atoms with Crippen LogP contribution in [0.2, 0.25) is 0 Å². The van der Waals surface area contributed by atoms with Crippen LogP contribution in [-0.4, -0.2) is 65.3 Å². The number of rotatable bonds is 12. The molecule has 5 heteroatoms. The first kappa shape index (κ1) is 24.8. The van der Waals surface area contributed by atoms with Gasteiger partial charge in [0.25, 0.3) is 0 Å². The van der Waals surface area contributed by atoms with E-state index in [0.717, 1.165) is 0 Å². The van der Waals surface area contributed by atoms with E-state index in [2.05, 4.69) is 24.5 Å². The number of ether oxygens (including phenoxy) is 3. The van der Waals surface area contributed by atoms with Crippen LogP contribution in [0.15, 0.2) is 0 Å². The molecule has 2 N–H and O–H groups in total. The Kier molecular flexibility index (Phi) is 20.9. The van der Waals surface area contributed by atoms with Crippen LogP contribution in [0.25, 0.3) is 0 Å². The van der Waals surface area contributed by atoms with Crippen molar-refractivity contribution in [1.29, 1.82) is 0 Å². The summed E-state index contributed by atoms with van der Waals surface area (Å²) in [6.07, 6.45) is 0.122. The second-order valence-corrected chi connectivity index (χ2v) is 4.67. The summed E-state index contributed by atoms with van der Waals surface area (Å²) >= 11 is 0. The lowest BCUT2D eigenvalue weighted by Crippen LogP contribution is -2.30. The third kappa shape index (κ3) is 15.9. The molecule has 0 heterocycles. The van der Waals surface area contributed by atoms with Gasteiger partial charge in [0, 0.05) is 12.1 Å². The second-order valence-electron chi connectivity index (χ2n) is 4.67. The van der Waals surface area contributed by atoms with Crippen molar-refractivity contribution in [1.82, 2.24) is 10.6 Å². The fraction of sp³-hybridized carbons (Fsp3) is 1.00. The summed E-state index contributed by atoms with van der Waals surface area (Å²) in [5, 5.41) is 6.24. The Balaban J connectivity index is -0.00000144. The lowest BCUT2D eigenvalue weighted by molar-refractivity contribution is -0.0284. The van der Waals surface area contributed by atoms with Crippen molar-refractivity contribution in [3.63, 3.8) is 0 Å². The zero-order valence-electron chi connectivity index (χ0n) is 12.5. The normalized spacial score (nSPS) is 14.8. The molecule has 20 heavy (non-hydrogen) atoms. The van der Waals surface area contributed by atoms with E-state index in [9.17, 15) is 0 Å². The van der Waals surface area contributed by atoms with Gasteiger partial charge in [-0.3, -0.25) is 0 Å². The van der Waals surface area contributed by atoms with E-state index in [0.29, 0.717) is 45.1 Å². The van der Waals surface area contributed by atoms with Crippen molar-refractivity contribution in [2.24, 2.45) is 0 Å². The molecule has 0 radical (unpaired) electrons. The van der Waals surface area contributed by atoms with Crippen LogP contribution in [0, 0.1) is 0 Å². The quantitative estimate of drug-likeness (QED) is 0.539. The predicted molar refractivity (Wildman–Crippen MR) is 87.6 cm³/mol. The molecule has 0 saturated heterocycles. The number of hydrogen-bond donors (Lipinski definition) is 2. The minimum Gasteiger partial charge on any atom is -0.377 e. The highest BCUT2D eigenvalue weighted by Crippen LogP contribution is 1.94. The maximum Gasteiger partial charge on any atom is 0.0781 e. The summed E-state index contributed by atoms with van der Waals surface area (Å²) in [6, 6.07) is 0.758. The highest BCUT2D eigenvalue weighted by atomic mass is 16.5. The molecule has 0 rings (SSSR count). The molecule has 0 aliphatic carbocycles. The molecule has 0 amide bonds. The summed E-state index contributed by atoms with van der Waals surface area (Å²) in [6.45, 7) is 9.47. The van der Waals surface area contributed by atoms with Gasteiger partial charge in [-0.05, 0) is 34.9 Å². The fourth-order valence-electron chi connectivity index (χ4n) is 1.15. The Hall–Kier alpha value is -0.200. The average molecular weight is 294 g/mol. The lowest BCUT2D eigenvalue weighted by Gasteiger charge is -2.17. The van der Waals surface area contributed by atoms with E-state index in [4.69, 9.17) is 14.2 Å². The van der Waals surface area contributed by atoms with Crippen molar-refractivity contribution >= 4 is 0 Å². The highest BCUT2D eigenvalue weighted by molar-refractivity contribution is 4.57. The third-order valence-corrected chi connectivity index (χ3v) is 2.71. The lowest BCUT2D eigenvalue weighted by atomic mass is 10.3. The van der Waals surface area contributed by atoms with E-state index in [1.165, 1.54) is 0 Å². The second kappa shape index (κ2) is 16.9. The van der Waals surface area contributed by atoms with Gasteiger partial charge in [-0.2, -0.15) is 0 Å². The summed E-state index contributed by atoms with van der Waals surface area (Å²) in [5.74, 6) is 0. The topological polar surface area (TPSA) is 51.8 Å². The van der Waals surface area contributed by atoms with E-state index in [1.54, 1.807) is 0 Å². The molecular formula is C15H38N2O3. The molecule has 0 bridgehead atoms. The van der Waals surface area contributed by atoms with Crippen molar-refractivity contribution < 1.29 is 14.2 Å². The van der Waals surface area contributed by atoms with Gasteiger partial charge in [0.2, 0.25) is 0 Å². The Morgan fingerprint density at radius 3 is 1.70 bits per heavy atom. The van der Waals surface area contributed by atoms with Crippen molar-refractivity contribution in [3.05, 3.63) is 0 Å². The number of hydrogen-bond acceptors (Lipinski definition) is 5. The minimum atomic E-state index is 0. The maximum atomic E-state index is 5.62. The molecule has 0 aliphatic heterocycles. The van der Waals surface area contributed by atoms with Crippen LogP contribution in [-0.2, 0) is 14.2 Å². The molecular weight excluding hydrogens is 256 g/mol. The van der Waals surface area contributed by atoms with Gasteiger partial charge in [-0.1, -0.05) is 14.9 Å². The van der Waals surface area contributed by atoms with Crippen LogP contribution >= 0.6 is 0 Å².